The van der Waals surface area contributed by atoms with Crippen molar-refractivity contribution >= 4 is 15.7 Å². The molecule has 112 valence electrons. The Morgan fingerprint density at radius 1 is 1.35 bits per heavy atom. The number of hydrogen-bond acceptors (Lipinski definition) is 3. The van der Waals surface area contributed by atoms with E-state index in [9.17, 15) is 12.8 Å². The van der Waals surface area contributed by atoms with Crippen LogP contribution in [0.5, 0.6) is 0 Å². The molecule has 0 amide bonds. The Hall–Kier alpha value is -1.14. The van der Waals surface area contributed by atoms with Crippen LogP contribution in [0.1, 0.15) is 39.0 Å². The first kappa shape index (κ1) is 15.3. The largest absolute Gasteiger partial charge is 0.395 e. The summed E-state index contributed by atoms with van der Waals surface area (Å²) in [5, 5.41) is 0. The van der Waals surface area contributed by atoms with Crippen LogP contribution in [0.3, 0.4) is 0 Å². The number of sulfonamides is 1. The molecule has 1 aliphatic heterocycles. The first-order chi connectivity index (χ1) is 9.48. The van der Waals surface area contributed by atoms with Crippen LogP contribution in [-0.2, 0) is 10.0 Å². The molecule has 1 aromatic carbocycles. The van der Waals surface area contributed by atoms with E-state index in [1.54, 1.807) is 0 Å². The fraction of sp³-hybridized carbons (Fsp3) is 0.571. The molecule has 4 nitrogen and oxygen atoms in total. The number of nitrogens with two attached hydrogens (primary N) is 1. The third kappa shape index (κ3) is 2.81. The fourth-order valence-electron chi connectivity index (χ4n) is 2.74. The summed E-state index contributed by atoms with van der Waals surface area (Å²) in [6, 6.07) is 3.92. The van der Waals surface area contributed by atoms with Gasteiger partial charge in [-0.2, -0.15) is 4.31 Å². The highest BCUT2D eigenvalue weighted by atomic mass is 32.2. The van der Waals surface area contributed by atoms with Gasteiger partial charge in [0.15, 0.2) is 0 Å². The number of nitrogens with zero attached hydrogens (tertiary/aromatic N) is 1. The highest BCUT2D eigenvalue weighted by Gasteiger charge is 2.33. The third-order valence-corrected chi connectivity index (χ3v) is 5.90. The molecule has 2 rings (SSSR count). The number of hydrogen-bond donors (Lipinski definition) is 1. The molecule has 1 aromatic rings. The van der Waals surface area contributed by atoms with E-state index < -0.39 is 15.8 Å². The van der Waals surface area contributed by atoms with Crippen molar-refractivity contribution in [2.75, 3.05) is 12.3 Å². The topological polar surface area (TPSA) is 63.4 Å². The van der Waals surface area contributed by atoms with Gasteiger partial charge in [0.1, 0.15) is 10.7 Å². The maximum Gasteiger partial charge on any atom is 0.245 e. The molecule has 0 aliphatic carbocycles. The van der Waals surface area contributed by atoms with Crippen molar-refractivity contribution in [3.8, 4) is 0 Å². The number of para-hydroxylation sites is 1. The highest BCUT2D eigenvalue weighted by molar-refractivity contribution is 7.89. The van der Waals surface area contributed by atoms with Crippen LogP contribution in [0.25, 0.3) is 0 Å². The van der Waals surface area contributed by atoms with E-state index in [2.05, 4.69) is 0 Å². The third-order valence-electron chi connectivity index (χ3n) is 3.89. The van der Waals surface area contributed by atoms with E-state index in [-0.39, 0.29) is 16.6 Å². The van der Waals surface area contributed by atoms with Gasteiger partial charge in [0.25, 0.3) is 0 Å². The Kier molecular flexibility index (Phi) is 4.65. The molecule has 20 heavy (non-hydrogen) atoms. The van der Waals surface area contributed by atoms with E-state index in [0.717, 1.165) is 32.1 Å². The van der Waals surface area contributed by atoms with Crippen LogP contribution < -0.4 is 5.73 Å². The summed E-state index contributed by atoms with van der Waals surface area (Å²) in [4.78, 5) is -0.113. The molecule has 0 radical (unpaired) electrons. The molecule has 0 saturated carbocycles. The van der Waals surface area contributed by atoms with Gasteiger partial charge in [0.05, 0.1) is 5.69 Å². The van der Waals surface area contributed by atoms with Gasteiger partial charge in [0.2, 0.25) is 10.0 Å². The number of halogens is 1. The number of anilines is 1. The summed E-state index contributed by atoms with van der Waals surface area (Å²) >= 11 is 0. The van der Waals surface area contributed by atoms with Gasteiger partial charge in [-0.1, -0.05) is 25.8 Å². The Labute approximate surface area is 119 Å². The number of nitrogen functional groups attached to an aromatic ring is 1. The lowest BCUT2D eigenvalue weighted by Gasteiger charge is -2.28. The van der Waals surface area contributed by atoms with Crippen LogP contribution in [0.2, 0.25) is 0 Å². The average Bonchev–Trinajstić information content (AvgIpc) is 2.67. The monoisotopic (exact) mass is 300 g/mol. The lowest BCUT2D eigenvalue weighted by atomic mass is 10.1. The van der Waals surface area contributed by atoms with Crippen molar-refractivity contribution in [3.63, 3.8) is 0 Å². The summed E-state index contributed by atoms with van der Waals surface area (Å²) in [5.74, 6) is -0.686. The number of benzene rings is 1. The molecule has 1 atom stereocenters. The fourth-order valence-corrected chi connectivity index (χ4v) is 4.64. The Morgan fingerprint density at radius 2 is 2.10 bits per heavy atom. The van der Waals surface area contributed by atoms with Gasteiger partial charge < -0.3 is 5.73 Å². The lowest BCUT2D eigenvalue weighted by molar-refractivity contribution is 0.315. The second-order valence-corrected chi connectivity index (χ2v) is 7.04. The maximum absolute atomic E-state index is 13.5. The quantitative estimate of drug-likeness (QED) is 0.873. The highest BCUT2D eigenvalue weighted by Crippen LogP contribution is 2.30. The van der Waals surface area contributed by atoms with Crippen molar-refractivity contribution in [1.29, 1.82) is 0 Å². The summed E-state index contributed by atoms with van der Waals surface area (Å²) < 4.78 is 40.6. The second-order valence-electron chi connectivity index (χ2n) is 5.18. The zero-order valence-electron chi connectivity index (χ0n) is 11.7. The summed E-state index contributed by atoms with van der Waals surface area (Å²) in [6.07, 6.45) is 4.51. The average molecular weight is 300 g/mol. The molecule has 1 heterocycles. The minimum Gasteiger partial charge on any atom is -0.395 e. The summed E-state index contributed by atoms with van der Waals surface area (Å²) in [7, 11) is -3.73. The van der Waals surface area contributed by atoms with Crippen molar-refractivity contribution in [2.24, 2.45) is 0 Å². The summed E-state index contributed by atoms with van der Waals surface area (Å²) in [5.41, 5.74) is 5.33. The van der Waals surface area contributed by atoms with Crippen LogP contribution in [0.4, 0.5) is 10.1 Å². The van der Waals surface area contributed by atoms with Gasteiger partial charge in [-0.15, -0.1) is 0 Å². The predicted molar refractivity (Wildman–Crippen MR) is 77.3 cm³/mol. The van der Waals surface area contributed by atoms with Crippen molar-refractivity contribution in [1.82, 2.24) is 4.31 Å². The maximum atomic E-state index is 13.5. The van der Waals surface area contributed by atoms with E-state index in [4.69, 9.17) is 5.73 Å². The van der Waals surface area contributed by atoms with E-state index in [1.165, 1.54) is 22.5 Å². The summed E-state index contributed by atoms with van der Waals surface area (Å²) in [6.45, 7) is 2.46. The van der Waals surface area contributed by atoms with Crippen LogP contribution >= 0.6 is 0 Å². The van der Waals surface area contributed by atoms with Crippen LogP contribution in [0, 0.1) is 5.82 Å². The van der Waals surface area contributed by atoms with Gasteiger partial charge >= 0.3 is 0 Å². The molecule has 0 bridgehead atoms. The zero-order valence-corrected chi connectivity index (χ0v) is 12.5. The Bertz CT molecular complexity index is 575. The zero-order chi connectivity index (χ0) is 14.8. The van der Waals surface area contributed by atoms with Crippen molar-refractivity contribution in [3.05, 3.63) is 24.0 Å². The normalized spacial score (nSPS) is 21.6. The van der Waals surface area contributed by atoms with Crippen LogP contribution in [-0.4, -0.2) is 25.3 Å². The van der Waals surface area contributed by atoms with Gasteiger partial charge in [0, 0.05) is 12.6 Å². The molecule has 6 heteroatoms. The SMILES string of the molecule is CCC1CCCCCN1S(=O)(=O)c1cccc(F)c1N. The van der Waals surface area contributed by atoms with Gasteiger partial charge in [-0.3, -0.25) is 0 Å². The van der Waals surface area contributed by atoms with E-state index in [1.807, 2.05) is 6.92 Å². The molecular weight excluding hydrogens is 279 g/mol. The lowest BCUT2D eigenvalue weighted by Crippen LogP contribution is -2.39. The minimum absolute atomic E-state index is 0.0230. The van der Waals surface area contributed by atoms with Gasteiger partial charge in [-0.05, 0) is 31.4 Å². The predicted octanol–water partition coefficient (Wildman–Crippen LogP) is 2.75. The molecule has 0 spiro atoms. The second kappa shape index (κ2) is 6.10. The standard InChI is InChI=1S/C14H21FN2O2S/c1-2-11-7-4-3-5-10-17(11)20(18,19)13-9-6-8-12(15)14(13)16/h6,8-9,11H,2-5,7,10,16H2,1H3. The Morgan fingerprint density at radius 3 is 2.80 bits per heavy atom. The molecule has 1 saturated heterocycles. The van der Waals surface area contributed by atoms with Crippen molar-refractivity contribution in [2.45, 2.75) is 50.0 Å². The number of rotatable bonds is 3. The smallest absolute Gasteiger partial charge is 0.245 e. The molecule has 1 aliphatic rings. The van der Waals surface area contributed by atoms with E-state index >= 15 is 0 Å². The first-order valence-corrected chi connectivity index (χ1v) is 8.48. The van der Waals surface area contributed by atoms with Crippen molar-refractivity contribution < 1.29 is 12.8 Å². The molecule has 1 unspecified atom stereocenters. The molecule has 2 N–H and O–H groups in total. The molecule has 0 aromatic heterocycles. The first-order valence-electron chi connectivity index (χ1n) is 7.04. The van der Waals surface area contributed by atoms with Crippen LogP contribution in [0.15, 0.2) is 23.1 Å². The van der Waals surface area contributed by atoms with E-state index in [0.29, 0.717) is 6.54 Å². The molecular formula is C14H21FN2O2S. The molecule has 1 fully saturated rings. The van der Waals surface area contributed by atoms with Gasteiger partial charge in [-0.25, -0.2) is 12.8 Å². The minimum atomic E-state index is -3.73. The Balaban J connectivity index is 2.44.